The molecule has 0 atom stereocenters. The van der Waals surface area contributed by atoms with Crippen LogP contribution in [0.3, 0.4) is 0 Å². The SMILES string of the molecule is CCCN(CC)CCNc1nc(NC)ccc1[N+](=O)[O-]. The molecule has 2 N–H and O–H groups in total. The molecule has 7 heteroatoms. The minimum Gasteiger partial charge on any atom is -0.373 e. The highest BCUT2D eigenvalue weighted by molar-refractivity contribution is 5.60. The summed E-state index contributed by atoms with van der Waals surface area (Å²) in [6.45, 7) is 7.73. The van der Waals surface area contributed by atoms with Crippen LogP contribution in [0.4, 0.5) is 17.3 Å². The molecule has 112 valence electrons. The van der Waals surface area contributed by atoms with Crippen LogP contribution in [-0.4, -0.2) is 48.0 Å². The van der Waals surface area contributed by atoms with Crippen LogP contribution in [0, 0.1) is 10.1 Å². The Kier molecular flexibility index (Phi) is 6.72. The van der Waals surface area contributed by atoms with Gasteiger partial charge in [0.25, 0.3) is 0 Å². The van der Waals surface area contributed by atoms with E-state index in [2.05, 4.69) is 34.4 Å². The smallest absolute Gasteiger partial charge is 0.311 e. The molecule has 1 rings (SSSR count). The van der Waals surface area contributed by atoms with Crippen LogP contribution in [-0.2, 0) is 0 Å². The highest BCUT2D eigenvalue weighted by atomic mass is 16.6. The van der Waals surface area contributed by atoms with Crippen molar-refractivity contribution in [2.24, 2.45) is 0 Å². The molecule has 0 saturated carbocycles. The quantitative estimate of drug-likeness (QED) is 0.533. The fraction of sp³-hybridized carbons (Fsp3) is 0.615. The van der Waals surface area contributed by atoms with E-state index < -0.39 is 4.92 Å². The second-order valence-corrected chi connectivity index (χ2v) is 4.43. The van der Waals surface area contributed by atoms with Gasteiger partial charge in [0.1, 0.15) is 5.82 Å². The fourth-order valence-corrected chi connectivity index (χ4v) is 1.95. The zero-order valence-electron chi connectivity index (χ0n) is 12.3. The van der Waals surface area contributed by atoms with Gasteiger partial charge in [-0.3, -0.25) is 10.1 Å². The van der Waals surface area contributed by atoms with E-state index in [-0.39, 0.29) is 5.69 Å². The summed E-state index contributed by atoms with van der Waals surface area (Å²) in [6.07, 6.45) is 1.10. The van der Waals surface area contributed by atoms with Gasteiger partial charge in [-0.15, -0.1) is 0 Å². The molecule has 0 saturated heterocycles. The normalized spacial score (nSPS) is 10.6. The van der Waals surface area contributed by atoms with Gasteiger partial charge in [-0.2, -0.15) is 0 Å². The number of aromatic nitrogens is 1. The Bertz CT molecular complexity index is 439. The highest BCUT2D eigenvalue weighted by Gasteiger charge is 2.15. The molecule has 0 bridgehead atoms. The van der Waals surface area contributed by atoms with E-state index in [9.17, 15) is 10.1 Å². The molecule has 1 aromatic rings. The number of nitro groups is 1. The van der Waals surface area contributed by atoms with E-state index in [1.807, 2.05) is 0 Å². The van der Waals surface area contributed by atoms with E-state index in [0.29, 0.717) is 18.2 Å². The van der Waals surface area contributed by atoms with Gasteiger partial charge in [0.05, 0.1) is 4.92 Å². The van der Waals surface area contributed by atoms with Crippen molar-refractivity contribution < 1.29 is 4.92 Å². The van der Waals surface area contributed by atoms with Gasteiger partial charge in [-0.1, -0.05) is 13.8 Å². The van der Waals surface area contributed by atoms with Crippen molar-refractivity contribution in [2.45, 2.75) is 20.3 Å². The number of anilines is 2. The second-order valence-electron chi connectivity index (χ2n) is 4.43. The van der Waals surface area contributed by atoms with Crippen molar-refractivity contribution in [1.82, 2.24) is 9.88 Å². The molecular formula is C13H23N5O2. The Balaban J connectivity index is 2.67. The third-order valence-corrected chi connectivity index (χ3v) is 3.03. The number of nitrogens with one attached hydrogen (secondary N) is 2. The molecule has 0 aromatic carbocycles. The summed E-state index contributed by atoms with van der Waals surface area (Å²) in [7, 11) is 1.73. The van der Waals surface area contributed by atoms with Crippen LogP contribution in [0.2, 0.25) is 0 Å². The lowest BCUT2D eigenvalue weighted by Gasteiger charge is -2.19. The van der Waals surface area contributed by atoms with Crippen molar-refractivity contribution in [3.05, 3.63) is 22.2 Å². The minimum atomic E-state index is -0.418. The van der Waals surface area contributed by atoms with E-state index in [0.717, 1.165) is 26.1 Å². The summed E-state index contributed by atoms with van der Waals surface area (Å²) in [5.41, 5.74) is 0.00235. The third-order valence-electron chi connectivity index (χ3n) is 3.03. The lowest BCUT2D eigenvalue weighted by atomic mass is 10.3. The first kappa shape index (κ1) is 16.2. The maximum Gasteiger partial charge on any atom is 0.311 e. The number of rotatable bonds is 9. The zero-order chi connectivity index (χ0) is 15.0. The maximum absolute atomic E-state index is 11.0. The Morgan fingerprint density at radius 1 is 1.35 bits per heavy atom. The number of hydrogen-bond donors (Lipinski definition) is 2. The molecule has 0 aliphatic carbocycles. The lowest BCUT2D eigenvalue weighted by Crippen LogP contribution is -2.29. The summed E-state index contributed by atoms with van der Waals surface area (Å²) in [5, 5.41) is 16.9. The summed E-state index contributed by atoms with van der Waals surface area (Å²) in [4.78, 5) is 17.0. The van der Waals surface area contributed by atoms with E-state index in [1.54, 1.807) is 13.1 Å². The average molecular weight is 281 g/mol. The first-order chi connectivity index (χ1) is 9.62. The number of hydrogen-bond acceptors (Lipinski definition) is 6. The molecular weight excluding hydrogens is 258 g/mol. The molecule has 0 spiro atoms. The van der Waals surface area contributed by atoms with Crippen molar-refractivity contribution in [1.29, 1.82) is 0 Å². The average Bonchev–Trinajstić information content (AvgIpc) is 2.45. The molecule has 1 aromatic heterocycles. The Morgan fingerprint density at radius 2 is 2.10 bits per heavy atom. The van der Waals surface area contributed by atoms with E-state index >= 15 is 0 Å². The summed E-state index contributed by atoms with van der Waals surface area (Å²) in [6, 6.07) is 3.06. The van der Waals surface area contributed by atoms with E-state index in [1.165, 1.54) is 6.07 Å². The molecule has 7 nitrogen and oxygen atoms in total. The first-order valence-electron chi connectivity index (χ1n) is 6.91. The molecule has 0 fully saturated rings. The summed E-state index contributed by atoms with van der Waals surface area (Å²) in [5.74, 6) is 0.924. The standard InChI is InChI=1S/C13H23N5O2/c1-4-9-17(5-2)10-8-15-13-11(18(19)20)6-7-12(14-3)16-13/h6-7H,4-5,8-10H2,1-3H3,(H2,14,15,16). The van der Waals surface area contributed by atoms with Crippen LogP contribution in [0.15, 0.2) is 12.1 Å². The van der Waals surface area contributed by atoms with Gasteiger partial charge < -0.3 is 15.5 Å². The van der Waals surface area contributed by atoms with Crippen LogP contribution in [0.1, 0.15) is 20.3 Å². The fourth-order valence-electron chi connectivity index (χ4n) is 1.95. The summed E-state index contributed by atoms with van der Waals surface area (Å²) < 4.78 is 0. The minimum absolute atomic E-state index is 0.00235. The molecule has 0 aliphatic heterocycles. The van der Waals surface area contributed by atoms with Crippen molar-refractivity contribution in [2.75, 3.05) is 43.9 Å². The molecule has 0 aliphatic rings. The number of pyridine rings is 1. The van der Waals surface area contributed by atoms with Crippen LogP contribution < -0.4 is 10.6 Å². The lowest BCUT2D eigenvalue weighted by molar-refractivity contribution is -0.384. The van der Waals surface area contributed by atoms with Gasteiger partial charge in [-0.05, 0) is 25.6 Å². The number of nitrogens with zero attached hydrogens (tertiary/aromatic N) is 3. The molecule has 0 radical (unpaired) electrons. The highest BCUT2D eigenvalue weighted by Crippen LogP contribution is 2.23. The predicted molar refractivity (Wildman–Crippen MR) is 81.3 cm³/mol. The van der Waals surface area contributed by atoms with Gasteiger partial charge in [-0.25, -0.2) is 4.98 Å². The van der Waals surface area contributed by atoms with Crippen LogP contribution in [0.5, 0.6) is 0 Å². The Hall–Kier alpha value is -1.89. The van der Waals surface area contributed by atoms with Gasteiger partial charge >= 0.3 is 5.69 Å². The van der Waals surface area contributed by atoms with Crippen LogP contribution in [0.25, 0.3) is 0 Å². The second kappa shape index (κ2) is 8.31. The first-order valence-corrected chi connectivity index (χ1v) is 6.91. The van der Waals surface area contributed by atoms with Gasteiger partial charge in [0, 0.05) is 26.2 Å². The van der Waals surface area contributed by atoms with E-state index in [4.69, 9.17) is 0 Å². The van der Waals surface area contributed by atoms with Gasteiger partial charge in [0.2, 0.25) is 5.82 Å². The van der Waals surface area contributed by atoms with Crippen molar-refractivity contribution >= 4 is 17.3 Å². The zero-order valence-corrected chi connectivity index (χ0v) is 12.3. The largest absolute Gasteiger partial charge is 0.373 e. The molecule has 20 heavy (non-hydrogen) atoms. The molecule has 0 amide bonds. The molecule has 1 heterocycles. The predicted octanol–water partition coefficient (Wildman–Crippen LogP) is 2.18. The molecule has 0 unspecified atom stereocenters. The topological polar surface area (TPSA) is 83.3 Å². The van der Waals surface area contributed by atoms with Gasteiger partial charge in [0.15, 0.2) is 0 Å². The van der Waals surface area contributed by atoms with Crippen molar-refractivity contribution in [3.63, 3.8) is 0 Å². The maximum atomic E-state index is 11.0. The van der Waals surface area contributed by atoms with Crippen molar-refractivity contribution in [3.8, 4) is 0 Å². The Labute approximate surface area is 119 Å². The number of likely N-dealkylation sites (N-methyl/N-ethyl adjacent to an activating group) is 1. The summed E-state index contributed by atoms with van der Waals surface area (Å²) >= 11 is 0. The van der Waals surface area contributed by atoms with Crippen LogP contribution >= 0.6 is 0 Å². The monoisotopic (exact) mass is 281 g/mol. The third kappa shape index (κ3) is 4.65. The Morgan fingerprint density at radius 3 is 2.65 bits per heavy atom.